The third kappa shape index (κ3) is 7.05. The van der Waals surface area contributed by atoms with Crippen molar-refractivity contribution in [3.05, 3.63) is 0 Å². The van der Waals surface area contributed by atoms with Crippen molar-refractivity contribution in [2.24, 2.45) is 0 Å². The van der Waals surface area contributed by atoms with Crippen molar-refractivity contribution in [2.75, 3.05) is 30.8 Å². The lowest BCUT2D eigenvalue weighted by Crippen LogP contribution is -2.27. The zero-order valence-corrected chi connectivity index (χ0v) is 13.5. The summed E-state index contributed by atoms with van der Waals surface area (Å²) >= 11 is 0. The van der Waals surface area contributed by atoms with Crippen LogP contribution in [0.25, 0.3) is 0 Å². The van der Waals surface area contributed by atoms with Crippen LogP contribution in [0, 0.1) is 0 Å². The van der Waals surface area contributed by atoms with Crippen LogP contribution in [-0.4, -0.2) is 46.4 Å². The summed E-state index contributed by atoms with van der Waals surface area (Å²) in [7, 11) is 1.65. The molecule has 0 saturated carbocycles. The van der Waals surface area contributed by atoms with Gasteiger partial charge in [0.15, 0.2) is 0 Å². The Bertz CT molecular complexity index is 389. The molecule has 0 aromatic carbocycles. The SMILES string of the molecule is CCCNc1nc(NCCC)nc(ON(C)OC(C)C)n1. The Hall–Kier alpha value is -1.67. The van der Waals surface area contributed by atoms with Crippen LogP contribution < -0.4 is 15.5 Å². The first-order valence-electron chi connectivity index (χ1n) is 7.37. The lowest BCUT2D eigenvalue weighted by atomic mass is 10.5. The topological polar surface area (TPSA) is 84.4 Å². The molecule has 21 heavy (non-hydrogen) atoms. The summed E-state index contributed by atoms with van der Waals surface area (Å²) in [5.74, 6) is 0.969. The molecule has 0 atom stereocenters. The summed E-state index contributed by atoms with van der Waals surface area (Å²) in [6, 6.07) is 0.186. The van der Waals surface area contributed by atoms with E-state index in [1.54, 1.807) is 7.05 Å². The highest BCUT2D eigenvalue weighted by Gasteiger charge is 2.11. The summed E-state index contributed by atoms with van der Waals surface area (Å²) in [6.45, 7) is 9.55. The molecule has 0 aliphatic heterocycles. The second-order valence-electron chi connectivity index (χ2n) is 4.80. The molecule has 1 aromatic heterocycles. The predicted molar refractivity (Wildman–Crippen MR) is 82.0 cm³/mol. The van der Waals surface area contributed by atoms with Crippen LogP contribution in [0.4, 0.5) is 11.9 Å². The minimum atomic E-state index is 0.00668. The molecule has 8 heteroatoms. The molecule has 1 heterocycles. The molecule has 0 radical (unpaired) electrons. The Labute approximate surface area is 126 Å². The fourth-order valence-electron chi connectivity index (χ4n) is 1.46. The van der Waals surface area contributed by atoms with Crippen molar-refractivity contribution < 1.29 is 9.68 Å². The minimum absolute atomic E-state index is 0.00668. The van der Waals surface area contributed by atoms with E-state index in [-0.39, 0.29) is 12.1 Å². The number of rotatable bonds is 10. The summed E-state index contributed by atoms with van der Waals surface area (Å²) in [4.78, 5) is 23.5. The van der Waals surface area contributed by atoms with E-state index >= 15 is 0 Å². The Morgan fingerprint density at radius 3 is 1.95 bits per heavy atom. The van der Waals surface area contributed by atoms with Crippen LogP contribution in [0.2, 0.25) is 0 Å². The average Bonchev–Trinajstić information content (AvgIpc) is 2.41. The molecule has 0 fully saturated rings. The Kier molecular flexibility index (Phi) is 7.70. The number of nitrogens with zero attached hydrogens (tertiary/aromatic N) is 4. The molecular weight excluding hydrogens is 272 g/mol. The minimum Gasteiger partial charge on any atom is -0.354 e. The highest BCUT2D eigenvalue weighted by Crippen LogP contribution is 2.12. The third-order valence-corrected chi connectivity index (χ3v) is 2.25. The molecule has 0 unspecified atom stereocenters. The summed E-state index contributed by atoms with van der Waals surface area (Å²) in [5, 5.41) is 7.49. The van der Waals surface area contributed by atoms with Crippen molar-refractivity contribution in [1.82, 2.24) is 20.2 Å². The number of hydroxylamine groups is 2. The average molecular weight is 298 g/mol. The lowest BCUT2D eigenvalue weighted by molar-refractivity contribution is -0.321. The van der Waals surface area contributed by atoms with Crippen molar-refractivity contribution in [2.45, 2.75) is 46.6 Å². The maximum Gasteiger partial charge on any atom is 0.345 e. The first-order valence-corrected chi connectivity index (χ1v) is 7.37. The van der Waals surface area contributed by atoms with Gasteiger partial charge in [0.1, 0.15) is 0 Å². The normalized spacial score (nSPS) is 11.0. The number of hydrogen-bond donors (Lipinski definition) is 2. The Morgan fingerprint density at radius 2 is 1.52 bits per heavy atom. The maximum absolute atomic E-state index is 5.44. The van der Waals surface area contributed by atoms with Gasteiger partial charge < -0.3 is 15.5 Å². The molecule has 0 aliphatic rings. The summed E-state index contributed by atoms with van der Waals surface area (Å²) in [5.41, 5.74) is 0. The van der Waals surface area contributed by atoms with Crippen LogP contribution >= 0.6 is 0 Å². The van der Waals surface area contributed by atoms with Gasteiger partial charge in [0.25, 0.3) is 0 Å². The highest BCUT2D eigenvalue weighted by atomic mass is 17.0. The van der Waals surface area contributed by atoms with Gasteiger partial charge >= 0.3 is 6.01 Å². The molecule has 2 N–H and O–H groups in total. The number of aromatic nitrogens is 3. The largest absolute Gasteiger partial charge is 0.354 e. The van der Waals surface area contributed by atoms with Crippen molar-refractivity contribution in [1.29, 1.82) is 0 Å². The van der Waals surface area contributed by atoms with Gasteiger partial charge in [0.05, 0.1) is 13.2 Å². The van der Waals surface area contributed by atoms with E-state index in [2.05, 4.69) is 39.4 Å². The van der Waals surface area contributed by atoms with Crippen molar-refractivity contribution in [3.63, 3.8) is 0 Å². The van der Waals surface area contributed by atoms with E-state index in [1.807, 2.05) is 13.8 Å². The Morgan fingerprint density at radius 1 is 1.00 bits per heavy atom. The van der Waals surface area contributed by atoms with E-state index in [9.17, 15) is 0 Å². The molecule has 0 amide bonds. The zero-order chi connectivity index (χ0) is 15.7. The van der Waals surface area contributed by atoms with Gasteiger partial charge in [0, 0.05) is 13.1 Å². The molecule has 0 saturated heterocycles. The van der Waals surface area contributed by atoms with Gasteiger partial charge in [-0.1, -0.05) is 13.8 Å². The van der Waals surface area contributed by atoms with E-state index in [1.165, 1.54) is 5.23 Å². The monoisotopic (exact) mass is 298 g/mol. The fraction of sp³-hybridized carbons (Fsp3) is 0.769. The van der Waals surface area contributed by atoms with Gasteiger partial charge in [-0.3, -0.25) is 4.84 Å². The van der Waals surface area contributed by atoms with Crippen LogP contribution in [0.3, 0.4) is 0 Å². The van der Waals surface area contributed by atoms with Gasteiger partial charge in [-0.25, -0.2) is 0 Å². The molecule has 0 spiro atoms. The maximum atomic E-state index is 5.44. The molecule has 1 rings (SSSR count). The molecule has 8 nitrogen and oxygen atoms in total. The second-order valence-corrected chi connectivity index (χ2v) is 4.80. The van der Waals surface area contributed by atoms with E-state index in [4.69, 9.17) is 9.68 Å². The van der Waals surface area contributed by atoms with E-state index in [0.29, 0.717) is 11.9 Å². The smallest absolute Gasteiger partial charge is 0.345 e. The van der Waals surface area contributed by atoms with Gasteiger partial charge in [-0.05, 0) is 31.9 Å². The van der Waals surface area contributed by atoms with E-state index in [0.717, 1.165) is 25.9 Å². The fourth-order valence-corrected chi connectivity index (χ4v) is 1.46. The molecule has 0 bridgehead atoms. The summed E-state index contributed by atoms with van der Waals surface area (Å²) in [6.07, 6.45) is 1.97. The molecule has 120 valence electrons. The van der Waals surface area contributed by atoms with Crippen molar-refractivity contribution in [3.8, 4) is 6.01 Å². The van der Waals surface area contributed by atoms with Crippen LogP contribution in [0.1, 0.15) is 40.5 Å². The number of hydrogen-bond acceptors (Lipinski definition) is 8. The first kappa shape index (κ1) is 17.4. The van der Waals surface area contributed by atoms with Gasteiger partial charge in [-0.2, -0.15) is 15.0 Å². The second kappa shape index (κ2) is 9.30. The first-order chi connectivity index (χ1) is 10.0. The van der Waals surface area contributed by atoms with Crippen LogP contribution in [0.15, 0.2) is 0 Å². The molecule has 1 aromatic rings. The standard InChI is InChI=1S/C13H26N6O2/c1-6-8-14-11-16-12(15-9-7-2)18-13(17-11)21-19(5)20-10(3)4/h10H,6-9H2,1-5H3,(H2,14,15,16,17,18). The molecule has 0 aliphatic carbocycles. The Balaban J connectivity index is 2.79. The highest BCUT2D eigenvalue weighted by molar-refractivity contribution is 5.35. The van der Waals surface area contributed by atoms with E-state index < -0.39 is 0 Å². The molecular formula is C13H26N6O2. The third-order valence-electron chi connectivity index (χ3n) is 2.25. The van der Waals surface area contributed by atoms with Crippen LogP contribution in [0.5, 0.6) is 6.01 Å². The van der Waals surface area contributed by atoms with Gasteiger partial charge in [0.2, 0.25) is 11.9 Å². The van der Waals surface area contributed by atoms with Crippen LogP contribution in [-0.2, 0) is 4.84 Å². The summed E-state index contributed by atoms with van der Waals surface area (Å²) < 4.78 is 0. The zero-order valence-electron chi connectivity index (χ0n) is 13.5. The lowest BCUT2D eigenvalue weighted by Gasteiger charge is -2.18. The van der Waals surface area contributed by atoms with Gasteiger partial charge in [-0.15, -0.1) is 0 Å². The predicted octanol–water partition coefficient (Wildman–Crippen LogP) is 2.08. The van der Waals surface area contributed by atoms with Crippen molar-refractivity contribution >= 4 is 11.9 Å². The number of nitrogens with one attached hydrogen (secondary N) is 2. The number of anilines is 2. The quantitative estimate of drug-likeness (QED) is 0.635.